The number of benzene rings is 8. The van der Waals surface area contributed by atoms with Crippen molar-refractivity contribution in [1.29, 1.82) is 0 Å². The summed E-state index contributed by atoms with van der Waals surface area (Å²) in [6, 6.07) is 59.1. The van der Waals surface area contributed by atoms with Crippen molar-refractivity contribution in [2.45, 2.75) is 0 Å². The summed E-state index contributed by atoms with van der Waals surface area (Å²) in [5.41, 5.74) is 6.79. The van der Waals surface area contributed by atoms with Gasteiger partial charge in [0, 0.05) is 27.5 Å². The molecule has 0 unspecified atom stereocenters. The lowest BCUT2D eigenvalue weighted by Crippen LogP contribution is -2.11. The Hall–Kier alpha value is -5.38. The number of para-hydroxylation sites is 1. The Kier molecular flexibility index (Phi) is 6.00. The van der Waals surface area contributed by atoms with E-state index in [-0.39, 0.29) is 0 Å². The Balaban J connectivity index is 1.34. The monoisotopic (exact) mass is 638 g/mol. The smallest absolute Gasteiger partial charge is 0.0656 e. The highest BCUT2D eigenvalue weighted by molar-refractivity contribution is 9.10. The van der Waals surface area contributed by atoms with Gasteiger partial charge in [-0.1, -0.05) is 121 Å². The Labute approximate surface area is 269 Å². The van der Waals surface area contributed by atoms with Crippen LogP contribution in [0.25, 0.3) is 59.8 Å². The van der Waals surface area contributed by atoms with E-state index in [0.717, 1.165) is 27.2 Å². The first-order valence-electron chi connectivity index (χ1n) is 15.2. The standard InChI is InChI=1S/C42H27BrN2/c43-41-39(44(33-23-20-28-10-1-3-13-31(28)26-33)34-24-21-29-11-2-4-14-32(29)27-34)18-9-19-40(41)45-38-17-8-7-16-36(38)37-25-22-30-12-5-6-15-35(30)42(37)45/h1-27H. The highest BCUT2D eigenvalue weighted by Crippen LogP contribution is 2.45. The molecule has 1 aromatic heterocycles. The van der Waals surface area contributed by atoms with Gasteiger partial charge in [0.25, 0.3) is 0 Å². The van der Waals surface area contributed by atoms with Crippen molar-refractivity contribution in [1.82, 2.24) is 4.57 Å². The predicted octanol–water partition coefficient (Wildman–Crippen LogP) is 12.5. The van der Waals surface area contributed by atoms with Crippen LogP contribution >= 0.6 is 15.9 Å². The molecule has 0 aliphatic rings. The zero-order valence-electron chi connectivity index (χ0n) is 24.4. The molecule has 0 bridgehead atoms. The molecule has 0 radical (unpaired) electrons. The average molecular weight is 640 g/mol. The van der Waals surface area contributed by atoms with Crippen LogP contribution in [0.15, 0.2) is 168 Å². The quantitative estimate of drug-likeness (QED) is 0.186. The van der Waals surface area contributed by atoms with Gasteiger partial charge >= 0.3 is 0 Å². The lowest BCUT2D eigenvalue weighted by atomic mass is 10.1. The summed E-state index contributed by atoms with van der Waals surface area (Å²) in [5, 5.41) is 9.84. The van der Waals surface area contributed by atoms with E-state index in [1.54, 1.807) is 0 Å². The Morgan fingerprint density at radius 3 is 1.67 bits per heavy atom. The number of hydrogen-bond acceptors (Lipinski definition) is 1. The topological polar surface area (TPSA) is 8.17 Å². The molecule has 9 rings (SSSR count). The van der Waals surface area contributed by atoms with Crippen LogP contribution in [0.4, 0.5) is 17.1 Å². The van der Waals surface area contributed by atoms with Gasteiger partial charge < -0.3 is 9.47 Å². The molecule has 0 aliphatic heterocycles. The second-order valence-electron chi connectivity index (χ2n) is 11.5. The molecular weight excluding hydrogens is 612 g/mol. The first-order valence-corrected chi connectivity index (χ1v) is 16.0. The maximum Gasteiger partial charge on any atom is 0.0656 e. The van der Waals surface area contributed by atoms with E-state index in [9.17, 15) is 0 Å². The van der Waals surface area contributed by atoms with E-state index >= 15 is 0 Å². The van der Waals surface area contributed by atoms with Crippen molar-refractivity contribution >= 4 is 87.1 Å². The van der Waals surface area contributed by atoms with Crippen LogP contribution in [0.2, 0.25) is 0 Å². The normalized spacial score (nSPS) is 11.7. The molecule has 0 fully saturated rings. The molecule has 3 heteroatoms. The number of nitrogens with zero attached hydrogens (tertiary/aromatic N) is 2. The summed E-state index contributed by atoms with van der Waals surface area (Å²) in [4.78, 5) is 2.37. The van der Waals surface area contributed by atoms with Gasteiger partial charge in [-0.2, -0.15) is 0 Å². The average Bonchev–Trinajstić information content (AvgIpc) is 3.44. The number of aromatic nitrogens is 1. The minimum atomic E-state index is 1.03. The van der Waals surface area contributed by atoms with Gasteiger partial charge in [0.1, 0.15) is 0 Å². The third kappa shape index (κ3) is 4.16. The van der Waals surface area contributed by atoms with Crippen LogP contribution in [0.1, 0.15) is 0 Å². The molecule has 1 heterocycles. The molecule has 8 aromatic carbocycles. The van der Waals surface area contributed by atoms with Crippen molar-refractivity contribution in [2.24, 2.45) is 0 Å². The number of halogens is 1. The molecule has 45 heavy (non-hydrogen) atoms. The maximum absolute atomic E-state index is 4.17. The predicted molar refractivity (Wildman–Crippen MR) is 196 cm³/mol. The third-order valence-corrected chi connectivity index (χ3v) is 9.79. The fraction of sp³-hybridized carbons (Fsp3) is 0. The number of rotatable bonds is 4. The van der Waals surface area contributed by atoms with Crippen LogP contribution in [-0.2, 0) is 0 Å². The number of anilines is 3. The number of fused-ring (bicyclic) bond motifs is 7. The lowest BCUT2D eigenvalue weighted by Gasteiger charge is -2.28. The van der Waals surface area contributed by atoms with Crippen molar-refractivity contribution in [3.05, 3.63) is 168 Å². The molecule has 212 valence electrons. The molecule has 0 amide bonds. The summed E-state index contributed by atoms with van der Waals surface area (Å²) in [6.07, 6.45) is 0. The summed E-state index contributed by atoms with van der Waals surface area (Å²) < 4.78 is 3.46. The summed E-state index contributed by atoms with van der Waals surface area (Å²) in [7, 11) is 0. The minimum absolute atomic E-state index is 1.03. The van der Waals surface area contributed by atoms with E-state index in [1.807, 2.05) is 0 Å². The van der Waals surface area contributed by atoms with E-state index < -0.39 is 0 Å². The van der Waals surface area contributed by atoms with Crippen molar-refractivity contribution in [3.63, 3.8) is 0 Å². The van der Waals surface area contributed by atoms with Crippen LogP contribution < -0.4 is 4.90 Å². The highest BCUT2D eigenvalue weighted by Gasteiger charge is 2.22. The Morgan fingerprint density at radius 2 is 0.978 bits per heavy atom. The second-order valence-corrected chi connectivity index (χ2v) is 12.3. The fourth-order valence-corrected chi connectivity index (χ4v) is 7.51. The number of hydrogen-bond donors (Lipinski definition) is 0. The van der Waals surface area contributed by atoms with E-state index in [1.165, 1.54) is 54.1 Å². The van der Waals surface area contributed by atoms with Crippen LogP contribution in [0.5, 0.6) is 0 Å². The Bertz CT molecular complexity index is 2500. The van der Waals surface area contributed by atoms with Gasteiger partial charge in [-0.05, 0) is 85.3 Å². The van der Waals surface area contributed by atoms with Gasteiger partial charge in [0.05, 0.1) is 26.9 Å². The van der Waals surface area contributed by atoms with Crippen LogP contribution in [0, 0.1) is 0 Å². The maximum atomic E-state index is 4.17. The molecule has 0 spiro atoms. The van der Waals surface area contributed by atoms with Crippen LogP contribution in [0.3, 0.4) is 0 Å². The zero-order valence-corrected chi connectivity index (χ0v) is 25.9. The molecule has 0 aliphatic carbocycles. The van der Waals surface area contributed by atoms with E-state index in [2.05, 4.69) is 189 Å². The third-order valence-electron chi connectivity index (χ3n) is 8.98. The second kappa shape index (κ2) is 10.4. The lowest BCUT2D eigenvalue weighted by molar-refractivity contribution is 1.16. The van der Waals surface area contributed by atoms with Gasteiger partial charge in [0.2, 0.25) is 0 Å². The van der Waals surface area contributed by atoms with Gasteiger partial charge in [-0.25, -0.2) is 0 Å². The van der Waals surface area contributed by atoms with Crippen LogP contribution in [-0.4, -0.2) is 4.57 Å². The largest absolute Gasteiger partial charge is 0.309 e. The minimum Gasteiger partial charge on any atom is -0.309 e. The molecule has 0 N–H and O–H groups in total. The van der Waals surface area contributed by atoms with Crippen molar-refractivity contribution < 1.29 is 0 Å². The summed E-state index contributed by atoms with van der Waals surface area (Å²) in [6.45, 7) is 0. The van der Waals surface area contributed by atoms with Gasteiger partial charge in [-0.3, -0.25) is 0 Å². The SMILES string of the molecule is Brc1c(N(c2ccc3ccccc3c2)c2ccc3ccccc3c2)cccc1-n1c2ccccc2c2ccc3ccccc3c21. The summed E-state index contributed by atoms with van der Waals surface area (Å²) in [5.74, 6) is 0. The molecule has 2 nitrogen and oxygen atoms in total. The zero-order chi connectivity index (χ0) is 29.9. The van der Waals surface area contributed by atoms with E-state index in [0.29, 0.717) is 0 Å². The molecule has 0 atom stereocenters. The van der Waals surface area contributed by atoms with Gasteiger partial charge in [0.15, 0.2) is 0 Å². The van der Waals surface area contributed by atoms with Crippen molar-refractivity contribution in [3.8, 4) is 5.69 Å². The molecule has 0 saturated heterocycles. The first-order chi connectivity index (χ1) is 22.2. The first kappa shape index (κ1) is 26.1. The fourth-order valence-electron chi connectivity index (χ4n) is 6.89. The van der Waals surface area contributed by atoms with E-state index in [4.69, 9.17) is 0 Å². The van der Waals surface area contributed by atoms with Gasteiger partial charge in [-0.15, -0.1) is 0 Å². The van der Waals surface area contributed by atoms with Crippen molar-refractivity contribution in [2.75, 3.05) is 4.90 Å². The summed E-state index contributed by atoms with van der Waals surface area (Å²) >= 11 is 4.17. The Morgan fingerprint density at radius 1 is 0.422 bits per heavy atom. The molecule has 9 aromatic rings. The molecule has 0 saturated carbocycles. The highest BCUT2D eigenvalue weighted by atomic mass is 79.9. The molecular formula is C42H27BrN2.